The molecule has 0 aliphatic carbocycles. The van der Waals surface area contributed by atoms with Crippen LogP contribution < -0.4 is 14.2 Å². The average Bonchev–Trinajstić information content (AvgIpc) is 2.59. The largest absolute Gasteiger partial charge is 0.497 e. The standard InChI is InChI=1S/C18H19NO3/c1-20-16-5-3-14(4-6-16)15(13-19)11-12-22-18-9-7-17(21-2)8-10-18/h3-10,15H,11-12H2,1-2H3. The maximum absolute atomic E-state index is 9.32. The lowest BCUT2D eigenvalue weighted by atomic mass is 9.97. The number of ether oxygens (including phenoxy) is 3. The number of nitriles is 1. The third kappa shape index (κ3) is 4.16. The van der Waals surface area contributed by atoms with Crippen LogP contribution in [0.2, 0.25) is 0 Å². The van der Waals surface area contributed by atoms with Gasteiger partial charge in [-0.1, -0.05) is 12.1 Å². The first kappa shape index (κ1) is 15.7. The van der Waals surface area contributed by atoms with Gasteiger partial charge in [-0.15, -0.1) is 0 Å². The Bertz CT molecular complexity index is 614. The summed E-state index contributed by atoms with van der Waals surface area (Å²) in [7, 11) is 3.25. The Kier molecular flexibility index (Phi) is 5.67. The highest BCUT2D eigenvalue weighted by Crippen LogP contribution is 2.23. The van der Waals surface area contributed by atoms with Gasteiger partial charge in [-0.25, -0.2) is 0 Å². The number of rotatable bonds is 7. The zero-order valence-electron chi connectivity index (χ0n) is 12.8. The first-order valence-corrected chi connectivity index (χ1v) is 7.07. The van der Waals surface area contributed by atoms with Crippen molar-refractivity contribution in [2.75, 3.05) is 20.8 Å². The SMILES string of the molecule is COc1ccc(OCCC(C#N)c2ccc(OC)cc2)cc1. The molecule has 4 nitrogen and oxygen atoms in total. The summed E-state index contributed by atoms with van der Waals surface area (Å²) in [6.07, 6.45) is 0.634. The maximum atomic E-state index is 9.32. The van der Waals surface area contributed by atoms with E-state index in [1.807, 2.05) is 48.5 Å². The maximum Gasteiger partial charge on any atom is 0.119 e. The van der Waals surface area contributed by atoms with Crippen molar-refractivity contribution in [1.82, 2.24) is 0 Å². The van der Waals surface area contributed by atoms with Gasteiger partial charge in [-0.2, -0.15) is 5.26 Å². The molecule has 0 saturated heterocycles. The van der Waals surface area contributed by atoms with Crippen LogP contribution in [0.3, 0.4) is 0 Å². The molecule has 0 aliphatic rings. The van der Waals surface area contributed by atoms with E-state index in [4.69, 9.17) is 14.2 Å². The van der Waals surface area contributed by atoms with Crippen molar-refractivity contribution in [2.45, 2.75) is 12.3 Å². The van der Waals surface area contributed by atoms with Gasteiger partial charge in [-0.05, 0) is 42.0 Å². The van der Waals surface area contributed by atoms with E-state index in [1.54, 1.807) is 14.2 Å². The van der Waals surface area contributed by atoms with Crippen LogP contribution in [-0.4, -0.2) is 20.8 Å². The summed E-state index contributed by atoms with van der Waals surface area (Å²) in [6.45, 7) is 0.483. The van der Waals surface area contributed by atoms with Crippen LogP contribution in [0.5, 0.6) is 17.2 Å². The minimum absolute atomic E-state index is 0.191. The predicted octanol–water partition coefficient (Wildman–Crippen LogP) is 3.78. The van der Waals surface area contributed by atoms with Crippen LogP contribution in [0.15, 0.2) is 48.5 Å². The van der Waals surface area contributed by atoms with E-state index < -0.39 is 0 Å². The van der Waals surface area contributed by atoms with Gasteiger partial charge in [0.2, 0.25) is 0 Å². The van der Waals surface area contributed by atoms with Crippen LogP contribution >= 0.6 is 0 Å². The number of methoxy groups -OCH3 is 2. The Balaban J connectivity index is 1.88. The van der Waals surface area contributed by atoms with Gasteiger partial charge in [0.05, 0.1) is 32.8 Å². The molecule has 0 amide bonds. The molecule has 2 aromatic rings. The first-order valence-electron chi connectivity index (χ1n) is 7.07. The van der Waals surface area contributed by atoms with Gasteiger partial charge in [0.25, 0.3) is 0 Å². The fraction of sp³-hybridized carbons (Fsp3) is 0.278. The monoisotopic (exact) mass is 297 g/mol. The molecule has 22 heavy (non-hydrogen) atoms. The Morgan fingerprint density at radius 1 is 0.864 bits per heavy atom. The minimum Gasteiger partial charge on any atom is -0.497 e. The molecule has 114 valence electrons. The molecule has 0 aliphatic heterocycles. The number of nitrogens with zero attached hydrogens (tertiary/aromatic N) is 1. The van der Waals surface area contributed by atoms with Crippen molar-refractivity contribution in [1.29, 1.82) is 5.26 Å². The van der Waals surface area contributed by atoms with E-state index in [9.17, 15) is 5.26 Å². The summed E-state index contributed by atoms with van der Waals surface area (Å²) < 4.78 is 15.9. The summed E-state index contributed by atoms with van der Waals surface area (Å²) in [6, 6.07) is 17.3. The third-order valence-electron chi connectivity index (χ3n) is 3.41. The van der Waals surface area contributed by atoms with Crippen molar-refractivity contribution < 1.29 is 14.2 Å². The highest BCUT2D eigenvalue weighted by molar-refractivity contribution is 5.32. The second kappa shape index (κ2) is 7.94. The number of hydrogen-bond donors (Lipinski definition) is 0. The quantitative estimate of drug-likeness (QED) is 0.780. The van der Waals surface area contributed by atoms with Crippen LogP contribution in [0.4, 0.5) is 0 Å². The minimum atomic E-state index is -0.191. The lowest BCUT2D eigenvalue weighted by Crippen LogP contribution is -2.04. The normalized spacial score (nSPS) is 11.3. The Morgan fingerprint density at radius 3 is 1.86 bits per heavy atom. The van der Waals surface area contributed by atoms with Crippen LogP contribution in [0.25, 0.3) is 0 Å². The van der Waals surface area contributed by atoms with E-state index in [2.05, 4.69) is 6.07 Å². The van der Waals surface area contributed by atoms with Gasteiger partial charge < -0.3 is 14.2 Å². The van der Waals surface area contributed by atoms with E-state index in [0.717, 1.165) is 22.8 Å². The topological polar surface area (TPSA) is 51.5 Å². The number of benzene rings is 2. The van der Waals surface area contributed by atoms with Gasteiger partial charge in [0, 0.05) is 6.42 Å². The lowest BCUT2D eigenvalue weighted by Gasteiger charge is -2.11. The van der Waals surface area contributed by atoms with Gasteiger partial charge in [-0.3, -0.25) is 0 Å². The fourth-order valence-electron chi connectivity index (χ4n) is 2.11. The molecule has 4 heteroatoms. The fourth-order valence-corrected chi connectivity index (χ4v) is 2.11. The highest BCUT2D eigenvalue weighted by Gasteiger charge is 2.11. The summed E-state index contributed by atoms with van der Waals surface area (Å²) in [4.78, 5) is 0. The van der Waals surface area contributed by atoms with E-state index in [-0.39, 0.29) is 5.92 Å². The molecule has 0 spiro atoms. The zero-order valence-corrected chi connectivity index (χ0v) is 12.8. The summed E-state index contributed by atoms with van der Waals surface area (Å²) >= 11 is 0. The highest BCUT2D eigenvalue weighted by atomic mass is 16.5. The van der Waals surface area contributed by atoms with E-state index >= 15 is 0 Å². The molecule has 0 radical (unpaired) electrons. The van der Waals surface area contributed by atoms with Crippen molar-refractivity contribution in [3.8, 4) is 23.3 Å². The molecular formula is C18H19NO3. The molecule has 0 bridgehead atoms. The number of hydrogen-bond acceptors (Lipinski definition) is 4. The lowest BCUT2D eigenvalue weighted by molar-refractivity contribution is 0.305. The van der Waals surface area contributed by atoms with Gasteiger partial charge >= 0.3 is 0 Å². The van der Waals surface area contributed by atoms with Crippen molar-refractivity contribution in [3.05, 3.63) is 54.1 Å². The average molecular weight is 297 g/mol. The summed E-state index contributed by atoms with van der Waals surface area (Å²) in [5.74, 6) is 2.16. The molecule has 1 atom stereocenters. The molecule has 2 rings (SSSR count). The molecular weight excluding hydrogens is 278 g/mol. The van der Waals surface area contributed by atoms with Crippen molar-refractivity contribution >= 4 is 0 Å². The molecule has 1 unspecified atom stereocenters. The Morgan fingerprint density at radius 2 is 1.36 bits per heavy atom. The van der Waals surface area contributed by atoms with Crippen LogP contribution in [0, 0.1) is 11.3 Å². The molecule has 0 heterocycles. The van der Waals surface area contributed by atoms with E-state index in [1.165, 1.54) is 0 Å². The molecule has 0 N–H and O–H groups in total. The van der Waals surface area contributed by atoms with E-state index in [0.29, 0.717) is 13.0 Å². The summed E-state index contributed by atoms with van der Waals surface area (Å²) in [5, 5.41) is 9.32. The van der Waals surface area contributed by atoms with Crippen molar-refractivity contribution in [2.24, 2.45) is 0 Å². The molecule has 2 aromatic carbocycles. The predicted molar refractivity (Wildman–Crippen MR) is 84.5 cm³/mol. The van der Waals surface area contributed by atoms with Crippen LogP contribution in [-0.2, 0) is 0 Å². The third-order valence-corrected chi connectivity index (χ3v) is 3.41. The molecule has 0 fully saturated rings. The zero-order chi connectivity index (χ0) is 15.8. The Hall–Kier alpha value is -2.67. The Labute approximate surface area is 130 Å². The second-order valence-corrected chi connectivity index (χ2v) is 4.77. The molecule has 0 aromatic heterocycles. The van der Waals surface area contributed by atoms with Crippen molar-refractivity contribution in [3.63, 3.8) is 0 Å². The van der Waals surface area contributed by atoms with Gasteiger partial charge in [0.15, 0.2) is 0 Å². The smallest absolute Gasteiger partial charge is 0.119 e. The summed E-state index contributed by atoms with van der Waals surface area (Å²) in [5.41, 5.74) is 0.974. The van der Waals surface area contributed by atoms with Crippen LogP contribution in [0.1, 0.15) is 17.9 Å². The second-order valence-electron chi connectivity index (χ2n) is 4.77. The van der Waals surface area contributed by atoms with Gasteiger partial charge in [0.1, 0.15) is 17.2 Å². The first-order chi connectivity index (χ1) is 10.8. The molecule has 0 saturated carbocycles.